The van der Waals surface area contributed by atoms with Gasteiger partial charge in [-0.3, -0.25) is 4.79 Å². The third-order valence-corrected chi connectivity index (χ3v) is 7.16. The molecule has 0 amide bonds. The highest BCUT2D eigenvalue weighted by Gasteiger charge is 2.42. The minimum Gasteiger partial charge on any atom is -0.497 e. The van der Waals surface area contributed by atoms with Gasteiger partial charge in [0.2, 0.25) is 0 Å². The maximum atomic E-state index is 14.3. The van der Waals surface area contributed by atoms with E-state index in [-0.39, 0.29) is 18.3 Å². The van der Waals surface area contributed by atoms with Crippen molar-refractivity contribution >= 4 is 23.1 Å². The van der Waals surface area contributed by atoms with Crippen LogP contribution in [0.15, 0.2) is 94.7 Å². The minimum atomic E-state index is -0.711. The van der Waals surface area contributed by atoms with E-state index in [0.717, 1.165) is 5.56 Å². The molecule has 3 heterocycles. The summed E-state index contributed by atoms with van der Waals surface area (Å²) >= 11 is 0. The van der Waals surface area contributed by atoms with Gasteiger partial charge in [-0.1, -0.05) is 60.7 Å². The highest BCUT2D eigenvalue weighted by molar-refractivity contribution is 6.05. The Balaban J connectivity index is 1.75. The SMILES string of the molecule is CCOC(=O)C1C(C)=Nc2c(c3nnc(-c4cccc(OC)c4)n3c(=O)n2-c2ccccc2)C1c1ccccc1. The lowest BCUT2D eigenvalue weighted by molar-refractivity contribution is -0.146. The maximum absolute atomic E-state index is 14.3. The molecule has 200 valence electrons. The van der Waals surface area contributed by atoms with E-state index < -0.39 is 11.8 Å². The molecule has 0 bridgehead atoms. The number of aliphatic imine (C=N–C) groups is 1. The van der Waals surface area contributed by atoms with Crippen molar-refractivity contribution in [1.82, 2.24) is 19.2 Å². The number of esters is 1. The number of hydrogen-bond donors (Lipinski definition) is 0. The van der Waals surface area contributed by atoms with E-state index >= 15 is 0 Å². The van der Waals surface area contributed by atoms with Crippen molar-refractivity contribution in [2.45, 2.75) is 19.8 Å². The summed E-state index contributed by atoms with van der Waals surface area (Å²) in [5.41, 5.74) is 3.32. The smallest absolute Gasteiger partial charge is 0.341 e. The number of aromatic nitrogens is 4. The Morgan fingerprint density at radius 3 is 2.38 bits per heavy atom. The van der Waals surface area contributed by atoms with Crippen molar-refractivity contribution in [2.75, 3.05) is 13.7 Å². The van der Waals surface area contributed by atoms with Crippen LogP contribution in [-0.4, -0.2) is 44.6 Å². The molecule has 2 aromatic heterocycles. The van der Waals surface area contributed by atoms with Gasteiger partial charge in [0.1, 0.15) is 17.5 Å². The van der Waals surface area contributed by atoms with Crippen LogP contribution in [0.25, 0.3) is 22.7 Å². The van der Waals surface area contributed by atoms with E-state index in [2.05, 4.69) is 10.2 Å². The number of ether oxygens (including phenoxy) is 2. The molecule has 9 nitrogen and oxygen atoms in total. The summed E-state index contributed by atoms with van der Waals surface area (Å²) in [6.45, 7) is 3.82. The zero-order valence-electron chi connectivity index (χ0n) is 22.3. The lowest BCUT2D eigenvalue weighted by Crippen LogP contribution is -2.37. The third-order valence-electron chi connectivity index (χ3n) is 7.16. The molecule has 2 atom stereocenters. The molecule has 0 saturated heterocycles. The van der Waals surface area contributed by atoms with Crippen LogP contribution in [0, 0.1) is 5.92 Å². The molecule has 0 fully saturated rings. The fraction of sp³-hybridized carbons (Fsp3) is 0.194. The largest absolute Gasteiger partial charge is 0.497 e. The number of para-hydroxylation sites is 1. The van der Waals surface area contributed by atoms with Crippen molar-refractivity contribution in [3.8, 4) is 22.8 Å². The highest BCUT2D eigenvalue weighted by Crippen LogP contribution is 2.45. The molecular weight excluding hydrogens is 506 g/mol. The van der Waals surface area contributed by atoms with E-state index in [1.54, 1.807) is 31.6 Å². The first-order chi connectivity index (χ1) is 19.5. The second-order valence-electron chi connectivity index (χ2n) is 9.48. The van der Waals surface area contributed by atoms with Gasteiger partial charge in [-0.05, 0) is 43.7 Å². The van der Waals surface area contributed by atoms with Gasteiger partial charge in [0.05, 0.1) is 19.4 Å². The number of nitrogens with zero attached hydrogens (tertiary/aromatic N) is 5. The number of rotatable bonds is 6. The summed E-state index contributed by atoms with van der Waals surface area (Å²) < 4.78 is 14.0. The standard InChI is InChI=1S/C31H27N5O4/c1-4-40-30(37)24-19(2)32-28-26(25(24)20-12-7-5-8-13-20)29-34-33-27(21-14-11-17-23(18-21)39-3)36(29)31(38)35(28)22-15-9-6-10-16-22/h5-18,24-25H,4H2,1-3H3. The molecule has 0 aliphatic carbocycles. The normalized spacial score (nSPS) is 16.3. The predicted octanol–water partition coefficient (Wildman–Crippen LogP) is 4.97. The Labute approximate surface area is 230 Å². The molecule has 0 N–H and O–H groups in total. The highest BCUT2D eigenvalue weighted by atomic mass is 16.5. The summed E-state index contributed by atoms with van der Waals surface area (Å²) in [6.07, 6.45) is 0. The molecule has 3 aromatic carbocycles. The van der Waals surface area contributed by atoms with Gasteiger partial charge in [0, 0.05) is 22.8 Å². The van der Waals surface area contributed by atoms with Crippen LogP contribution in [0.2, 0.25) is 0 Å². The first-order valence-electron chi connectivity index (χ1n) is 13.0. The maximum Gasteiger partial charge on any atom is 0.341 e. The number of benzene rings is 3. The van der Waals surface area contributed by atoms with Gasteiger partial charge in [-0.2, -0.15) is 0 Å². The Bertz CT molecular complexity index is 1810. The number of hydrogen-bond acceptors (Lipinski definition) is 7. The number of methoxy groups -OCH3 is 1. The minimum absolute atomic E-state index is 0.237. The van der Waals surface area contributed by atoms with Gasteiger partial charge >= 0.3 is 11.7 Å². The van der Waals surface area contributed by atoms with Gasteiger partial charge in [-0.25, -0.2) is 18.8 Å². The molecular formula is C31H27N5O4. The molecule has 0 spiro atoms. The van der Waals surface area contributed by atoms with Crippen molar-refractivity contribution in [1.29, 1.82) is 0 Å². The van der Waals surface area contributed by atoms with Crippen molar-refractivity contribution in [3.05, 3.63) is 107 Å². The van der Waals surface area contributed by atoms with Gasteiger partial charge in [0.25, 0.3) is 0 Å². The fourth-order valence-electron chi connectivity index (χ4n) is 5.40. The molecule has 6 rings (SSSR count). The van der Waals surface area contributed by atoms with Gasteiger partial charge in [0.15, 0.2) is 11.5 Å². The molecule has 1 aliphatic heterocycles. The number of fused-ring (bicyclic) bond motifs is 3. The lowest BCUT2D eigenvalue weighted by Gasteiger charge is -2.32. The van der Waals surface area contributed by atoms with Crippen molar-refractivity contribution < 1.29 is 14.3 Å². The second-order valence-corrected chi connectivity index (χ2v) is 9.48. The summed E-state index contributed by atoms with van der Waals surface area (Å²) in [7, 11) is 1.58. The molecule has 2 unspecified atom stereocenters. The van der Waals surface area contributed by atoms with Crippen molar-refractivity contribution in [2.24, 2.45) is 10.9 Å². The zero-order valence-corrected chi connectivity index (χ0v) is 22.3. The molecule has 1 aliphatic rings. The number of carbonyl (C=O) groups is 1. The lowest BCUT2D eigenvalue weighted by atomic mass is 9.77. The number of carbonyl (C=O) groups excluding carboxylic acids is 1. The van der Waals surface area contributed by atoms with E-state index in [0.29, 0.717) is 45.6 Å². The second kappa shape index (κ2) is 10.3. The van der Waals surface area contributed by atoms with E-state index in [4.69, 9.17) is 14.5 Å². The molecule has 5 aromatic rings. The molecule has 9 heteroatoms. The molecule has 0 saturated carbocycles. The first-order valence-corrected chi connectivity index (χ1v) is 13.0. The molecule has 0 radical (unpaired) electrons. The average molecular weight is 534 g/mol. The zero-order chi connectivity index (χ0) is 27.8. The van der Waals surface area contributed by atoms with Crippen LogP contribution in [0.1, 0.15) is 30.9 Å². The van der Waals surface area contributed by atoms with Crippen LogP contribution in [0.5, 0.6) is 5.75 Å². The van der Waals surface area contributed by atoms with Crippen LogP contribution in [0.4, 0.5) is 5.82 Å². The molecule has 40 heavy (non-hydrogen) atoms. The van der Waals surface area contributed by atoms with Crippen molar-refractivity contribution in [3.63, 3.8) is 0 Å². The quantitative estimate of drug-likeness (QED) is 0.286. The predicted molar refractivity (Wildman–Crippen MR) is 152 cm³/mol. The monoisotopic (exact) mass is 533 g/mol. The van der Waals surface area contributed by atoms with Crippen LogP contribution >= 0.6 is 0 Å². The van der Waals surface area contributed by atoms with Gasteiger partial charge in [-0.15, -0.1) is 10.2 Å². The summed E-state index contributed by atoms with van der Waals surface area (Å²) in [6, 6.07) is 26.3. The van der Waals surface area contributed by atoms with E-state index in [1.165, 1.54) is 4.40 Å². The van der Waals surface area contributed by atoms with Crippen LogP contribution < -0.4 is 10.4 Å². The third kappa shape index (κ3) is 4.07. The Morgan fingerprint density at radius 2 is 1.68 bits per heavy atom. The van der Waals surface area contributed by atoms with Gasteiger partial charge < -0.3 is 9.47 Å². The first kappa shape index (κ1) is 25.2. The topological polar surface area (TPSA) is 100 Å². The fourth-order valence-corrected chi connectivity index (χ4v) is 5.40. The summed E-state index contributed by atoms with van der Waals surface area (Å²) in [5, 5.41) is 9.01. The summed E-state index contributed by atoms with van der Waals surface area (Å²) in [4.78, 5) is 32.6. The van der Waals surface area contributed by atoms with E-state index in [1.807, 2.05) is 78.9 Å². The van der Waals surface area contributed by atoms with Crippen LogP contribution in [-0.2, 0) is 9.53 Å². The Morgan fingerprint density at radius 1 is 0.950 bits per heavy atom. The average Bonchev–Trinajstić information content (AvgIpc) is 3.43. The van der Waals surface area contributed by atoms with E-state index in [9.17, 15) is 9.59 Å². The van der Waals surface area contributed by atoms with Crippen LogP contribution in [0.3, 0.4) is 0 Å². The Hall–Kier alpha value is -5.05. The Kier molecular flexibility index (Phi) is 6.47. The summed E-state index contributed by atoms with van der Waals surface area (Å²) in [5.74, 6) is -0.213.